The van der Waals surface area contributed by atoms with E-state index in [1.165, 1.54) is 82.6 Å². The summed E-state index contributed by atoms with van der Waals surface area (Å²) < 4.78 is 6.50. The Kier molecular flexibility index (Phi) is 10.6. The summed E-state index contributed by atoms with van der Waals surface area (Å²) in [6.07, 6.45) is 19.5. The number of hydrogen-bond donors (Lipinski definition) is 2. The summed E-state index contributed by atoms with van der Waals surface area (Å²) in [5.41, 5.74) is 2.17. The van der Waals surface area contributed by atoms with Gasteiger partial charge in [0.25, 0.3) is 0 Å². The van der Waals surface area contributed by atoms with Crippen molar-refractivity contribution in [2.24, 2.45) is 0 Å². The van der Waals surface area contributed by atoms with Crippen molar-refractivity contribution in [3.05, 3.63) is 53.6 Å². The lowest BCUT2D eigenvalue weighted by Crippen LogP contribution is -2.45. The molecule has 0 saturated heterocycles. The molecule has 2 aromatic carbocycles. The van der Waals surface area contributed by atoms with Gasteiger partial charge in [0.15, 0.2) is 0 Å². The first-order valence-electron chi connectivity index (χ1n) is 13.8. The second-order valence-electron chi connectivity index (χ2n) is 10.6. The maximum Gasteiger partial charge on any atom is 0.126 e. The van der Waals surface area contributed by atoms with Gasteiger partial charge in [-0.25, -0.2) is 0 Å². The van der Waals surface area contributed by atoms with Crippen molar-refractivity contribution in [1.82, 2.24) is 0 Å². The molecule has 0 saturated carbocycles. The first kappa shape index (κ1) is 26.4. The lowest BCUT2D eigenvalue weighted by molar-refractivity contribution is 0.0829. The van der Waals surface area contributed by atoms with E-state index in [9.17, 15) is 10.2 Å². The fourth-order valence-electron chi connectivity index (χ4n) is 5.45. The van der Waals surface area contributed by atoms with Gasteiger partial charge in [-0.15, -0.1) is 0 Å². The predicted molar refractivity (Wildman–Crippen MR) is 142 cm³/mol. The molecular weight excluding hydrogens is 420 g/mol. The van der Waals surface area contributed by atoms with Gasteiger partial charge < -0.3 is 14.9 Å². The molecule has 1 aliphatic rings. The Hall–Kier alpha value is -2.16. The zero-order valence-corrected chi connectivity index (χ0v) is 21.5. The Bertz CT molecular complexity index is 844. The highest BCUT2D eigenvalue weighted by molar-refractivity contribution is 5.46. The lowest BCUT2D eigenvalue weighted by atomic mass is 9.70. The number of aromatic hydroxyl groups is 2. The Labute approximate surface area is 207 Å². The van der Waals surface area contributed by atoms with E-state index >= 15 is 0 Å². The first-order chi connectivity index (χ1) is 16.5. The average molecular weight is 467 g/mol. The van der Waals surface area contributed by atoms with Gasteiger partial charge in [-0.2, -0.15) is 0 Å². The standard InChI is InChI=1S/C31H46O3/c1-3-4-5-6-7-8-9-10-11-12-13-14-15-16-30-31(2,26-18-21-27(32)22-19-26)24-25-17-20-28(33)23-29(25)34-30/h17-23,30,32-33H,3-16,24H2,1-2H3. The molecule has 3 rings (SSSR count). The monoisotopic (exact) mass is 466 g/mol. The molecule has 2 unspecified atom stereocenters. The number of fused-ring (bicyclic) bond motifs is 1. The van der Waals surface area contributed by atoms with Gasteiger partial charge in [-0.3, -0.25) is 0 Å². The predicted octanol–water partition coefficient (Wildman–Crippen LogP) is 8.84. The van der Waals surface area contributed by atoms with Crippen LogP contribution in [-0.2, 0) is 11.8 Å². The van der Waals surface area contributed by atoms with Crippen LogP contribution in [0, 0.1) is 0 Å². The first-order valence-corrected chi connectivity index (χ1v) is 13.8. The van der Waals surface area contributed by atoms with Crippen molar-refractivity contribution >= 4 is 0 Å². The SMILES string of the molecule is CCCCCCCCCCCCCCCC1Oc2cc(O)ccc2CC1(C)c1ccc(O)cc1. The zero-order valence-electron chi connectivity index (χ0n) is 21.5. The number of rotatable bonds is 15. The van der Waals surface area contributed by atoms with Crippen molar-refractivity contribution in [3.8, 4) is 17.2 Å². The van der Waals surface area contributed by atoms with Crippen LogP contribution < -0.4 is 4.74 Å². The van der Waals surface area contributed by atoms with Gasteiger partial charge in [0.05, 0.1) is 0 Å². The van der Waals surface area contributed by atoms with Crippen LogP contribution in [0.3, 0.4) is 0 Å². The normalized spacial score (nSPS) is 19.5. The average Bonchev–Trinajstić information content (AvgIpc) is 2.83. The van der Waals surface area contributed by atoms with Gasteiger partial charge in [-0.1, -0.05) is 109 Å². The number of unbranched alkanes of at least 4 members (excludes halogenated alkanes) is 12. The molecule has 0 amide bonds. The quantitative estimate of drug-likeness (QED) is 0.258. The second kappa shape index (κ2) is 13.7. The number of ether oxygens (including phenoxy) is 1. The van der Waals surface area contributed by atoms with E-state index in [0.717, 1.165) is 30.6 Å². The molecule has 2 atom stereocenters. The van der Waals surface area contributed by atoms with Crippen LogP contribution in [0.2, 0.25) is 0 Å². The van der Waals surface area contributed by atoms with E-state index in [2.05, 4.69) is 13.8 Å². The fourth-order valence-corrected chi connectivity index (χ4v) is 5.45. The molecular formula is C31H46O3. The lowest BCUT2D eigenvalue weighted by Gasteiger charge is -2.43. The number of phenolic OH excluding ortho intramolecular Hbond substituents is 2. The molecule has 1 aliphatic heterocycles. The van der Waals surface area contributed by atoms with Crippen molar-refractivity contribution in [3.63, 3.8) is 0 Å². The summed E-state index contributed by atoms with van der Waals surface area (Å²) in [7, 11) is 0. The maximum absolute atomic E-state index is 9.94. The minimum absolute atomic E-state index is 0.0547. The molecule has 0 aromatic heterocycles. The van der Waals surface area contributed by atoms with Gasteiger partial charge in [0, 0.05) is 11.5 Å². The van der Waals surface area contributed by atoms with E-state index in [4.69, 9.17) is 4.74 Å². The molecule has 0 spiro atoms. The summed E-state index contributed by atoms with van der Waals surface area (Å²) >= 11 is 0. The fraction of sp³-hybridized carbons (Fsp3) is 0.613. The van der Waals surface area contributed by atoms with Gasteiger partial charge in [0.1, 0.15) is 23.4 Å². The largest absolute Gasteiger partial charge is 0.508 e. The molecule has 3 nitrogen and oxygen atoms in total. The van der Waals surface area contributed by atoms with Crippen molar-refractivity contribution in [2.75, 3.05) is 0 Å². The Balaban J connectivity index is 1.43. The molecule has 188 valence electrons. The molecule has 0 aliphatic carbocycles. The number of phenols is 2. The molecule has 3 heteroatoms. The van der Waals surface area contributed by atoms with Gasteiger partial charge in [0.2, 0.25) is 0 Å². The molecule has 1 heterocycles. The smallest absolute Gasteiger partial charge is 0.126 e. The van der Waals surface area contributed by atoms with Gasteiger partial charge >= 0.3 is 0 Å². The van der Waals surface area contributed by atoms with E-state index in [-0.39, 0.29) is 17.3 Å². The third-order valence-electron chi connectivity index (χ3n) is 7.68. The number of benzene rings is 2. The molecule has 0 fully saturated rings. The minimum Gasteiger partial charge on any atom is -0.508 e. The van der Waals surface area contributed by atoms with Crippen LogP contribution in [0.1, 0.15) is 115 Å². The minimum atomic E-state index is -0.158. The number of hydrogen-bond acceptors (Lipinski definition) is 3. The summed E-state index contributed by atoms with van der Waals surface area (Å²) in [6, 6.07) is 13.1. The third-order valence-corrected chi connectivity index (χ3v) is 7.68. The highest BCUT2D eigenvalue weighted by atomic mass is 16.5. The molecule has 2 N–H and O–H groups in total. The van der Waals surface area contributed by atoms with Crippen LogP contribution in [0.5, 0.6) is 17.2 Å². The van der Waals surface area contributed by atoms with Crippen LogP contribution >= 0.6 is 0 Å². The Morgan fingerprint density at radius 3 is 1.85 bits per heavy atom. The van der Waals surface area contributed by atoms with E-state index < -0.39 is 0 Å². The van der Waals surface area contributed by atoms with Gasteiger partial charge in [-0.05, 0) is 48.6 Å². The van der Waals surface area contributed by atoms with Crippen molar-refractivity contribution in [2.45, 2.75) is 122 Å². The highest BCUT2D eigenvalue weighted by Crippen LogP contribution is 2.44. The van der Waals surface area contributed by atoms with E-state index in [1.807, 2.05) is 18.2 Å². The highest BCUT2D eigenvalue weighted by Gasteiger charge is 2.41. The van der Waals surface area contributed by atoms with Crippen LogP contribution in [-0.4, -0.2) is 16.3 Å². The summed E-state index contributed by atoms with van der Waals surface area (Å²) in [6.45, 7) is 4.56. The van der Waals surface area contributed by atoms with Crippen molar-refractivity contribution < 1.29 is 14.9 Å². The Morgan fingerprint density at radius 2 is 1.26 bits per heavy atom. The van der Waals surface area contributed by atoms with E-state index in [0.29, 0.717) is 5.75 Å². The van der Waals surface area contributed by atoms with E-state index in [1.54, 1.807) is 24.3 Å². The molecule has 0 bridgehead atoms. The van der Waals surface area contributed by atoms with Crippen molar-refractivity contribution in [1.29, 1.82) is 0 Å². The maximum atomic E-state index is 9.94. The Morgan fingerprint density at radius 1 is 0.735 bits per heavy atom. The molecule has 2 aromatic rings. The topological polar surface area (TPSA) is 49.7 Å². The van der Waals surface area contributed by atoms with Crippen LogP contribution in [0.4, 0.5) is 0 Å². The summed E-state index contributed by atoms with van der Waals surface area (Å²) in [5, 5.41) is 19.7. The zero-order chi connectivity index (χ0) is 24.2. The summed E-state index contributed by atoms with van der Waals surface area (Å²) in [4.78, 5) is 0. The van der Waals surface area contributed by atoms with Crippen LogP contribution in [0.15, 0.2) is 42.5 Å². The second-order valence-corrected chi connectivity index (χ2v) is 10.6. The third kappa shape index (κ3) is 7.68. The molecule has 0 radical (unpaired) electrons. The summed E-state index contributed by atoms with van der Waals surface area (Å²) in [5.74, 6) is 1.37. The molecule has 34 heavy (non-hydrogen) atoms. The van der Waals surface area contributed by atoms with Crippen LogP contribution in [0.25, 0.3) is 0 Å².